The van der Waals surface area contributed by atoms with Gasteiger partial charge in [-0.05, 0) is 25.1 Å². The van der Waals surface area contributed by atoms with E-state index in [-0.39, 0.29) is 11.4 Å². The zero-order valence-electron chi connectivity index (χ0n) is 14.7. The zero-order chi connectivity index (χ0) is 18.3. The van der Waals surface area contributed by atoms with Crippen LogP contribution in [-0.2, 0) is 23.6 Å². The molecule has 0 aliphatic carbocycles. The lowest BCUT2D eigenvalue weighted by Crippen LogP contribution is -2.41. The maximum Gasteiger partial charge on any atom is 0.240 e. The number of hydrogen-bond acceptors (Lipinski definition) is 4. The largest absolute Gasteiger partial charge is 0.355 e. The number of aliphatic imine (C=N–C) groups is 1. The van der Waals surface area contributed by atoms with E-state index in [0.717, 1.165) is 11.3 Å². The average molecular weight is 364 g/mol. The van der Waals surface area contributed by atoms with Crippen LogP contribution in [0.3, 0.4) is 0 Å². The van der Waals surface area contributed by atoms with Crippen molar-refractivity contribution in [2.75, 3.05) is 20.1 Å². The first-order valence-electron chi connectivity index (χ1n) is 7.90. The highest BCUT2D eigenvalue weighted by Crippen LogP contribution is 2.09. The number of nitrogens with zero attached hydrogens (tertiary/aromatic N) is 3. The summed E-state index contributed by atoms with van der Waals surface area (Å²) >= 11 is 0. The molecule has 0 bridgehead atoms. The van der Waals surface area contributed by atoms with Crippen molar-refractivity contribution in [1.29, 1.82) is 0 Å². The third-order valence-corrected chi connectivity index (χ3v) is 5.10. The molecule has 3 N–H and O–H groups in total. The number of aryl methyl sites for hydroxylation is 2. The van der Waals surface area contributed by atoms with Crippen molar-refractivity contribution >= 4 is 16.0 Å². The molecule has 8 nitrogen and oxygen atoms in total. The van der Waals surface area contributed by atoms with Gasteiger partial charge < -0.3 is 10.6 Å². The van der Waals surface area contributed by atoms with Crippen LogP contribution in [0.5, 0.6) is 0 Å². The minimum Gasteiger partial charge on any atom is -0.355 e. The summed E-state index contributed by atoms with van der Waals surface area (Å²) in [5.74, 6) is 0.593. The van der Waals surface area contributed by atoms with E-state index in [1.807, 2.05) is 20.0 Å². The molecule has 1 aromatic heterocycles. The molecule has 0 aliphatic rings. The monoisotopic (exact) mass is 364 g/mol. The van der Waals surface area contributed by atoms with Crippen LogP contribution in [0.4, 0.5) is 0 Å². The minimum absolute atomic E-state index is 0.253. The Labute approximate surface area is 148 Å². The molecule has 0 fully saturated rings. The fourth-order valence-electron chi connectivity index (χ4n) is 2.14. The first kappa shape index (κ1) is 18.9. The van der Waals surface area contributed by atoms with Gasteiger partial charge in [0.15, 0.2) is 5.96 Å². The quantitative estimate of drug-likeness (QED) is 0.374. The van der Waals surface area contributed by atoms with Crippen LogP contribution in [-0.4, -0.2) is 44.3 Å². The van der Waals surface area contributed by atoms with E-state index in [2.05, 4.69) is 25.4 Å². The average Bonchev–Trinajstić information content (AvgIpc) is 2.99. The summed E-state index contributed by atoms with van der Waals surface area (Å²) in [4.78, 5) is 4.37. The molecule has 0 amide bonds. The van der Waals surface area contributed by atoms with Crippen LogP contribution in [0.25, 0.3) is 0 Å². The molecule has 2 aromatic rings. The van der Waals surface area contributed by atoms with Crippen LogP contribution >= 0.6 is 0 Å². The van der Waals surface area contributed by atoms with Crippen molar-refractivity contribution in [3.05, 3.63) is 47.8 Å². The number of rotatable bonds is 7. The SMILES string of the molecule is CN=C(NCCNS(=O)(=O)c1ccc(C)cc1)NCc1ccnn1C. The second-order valence-electron chi connectivity index (χ2n) is 5.51. The van der Waals surface area contributed by atoms with Gasteiger partial charge in [-0.15, -0.1) is 0 Å². The van der Waals surface area contributed by atoms with Gasteiger partial charge in [-0.2, -0.15) is 5.10 Å². The molecular formula is C16H24N6O2S. The Balaban J connectivity index is 1.77. The molecule has 1 heterocycles. The van der Waals surface area contributed by atoms with Crippen LogP contribution in [0, 0.1) is 6.92 Å². The highest BCUT2D eigenvalue weighted by molar-refractivity contribution is 7.89. The molecule has 0 aliphatic heterocycles. The van der Waals surface area contributed by atoms with Crippen molar-refractivity contribution in [3.63, 3.8) is 0 Å². The Kier molecular flexibility index (Phi) is 6.54. The van der Waals surface area contributed by atoms with Crippen molar-refractivity contribution in [2.45, 2.75) is 18.4 Å². The lowest BCUT2D eigenvalue weighted by Gasteiger charge is -2.12. The summed E-state index contributed by atoms with van der Waals surface area (Å²) in [6, 6.07) is 8.66. The van der Waals surface area contributed by atoms with Gasteiger partial charge in [-0.3, -0.25) is 9.67 Å². The summed E-state index contributed by atoms with van der Waals surface area (Å²) in [6.45, 7) is 3.15. The molecule has 0 spiro atoms. The fraction of sp³-hybridized carbons (Fsp3) is 0.375. The van der Waals surface area contributed by atoms with E-state index in [0.29, 0.717) is 19.0 Å². The van der Waals surface area contributed by atoms with Gasteiger partial charge in [-0.1, -0.05) is 17.7 Å². The van der Waals surface area contributed by atoms with Crippen molar-refractivity contribution in [2.24, 2.45) is 12.0 Å². The summed E-state index contributed by atoms with van der Waals surface area (Å²) in [5.41, 5.74) is 2.03. The third-order valence-electron chi connectivity index (χ3n) is 3.62. The number of nitrogens with one attached hydrogen (secondary N) is 3. The maximum absolute atomic E-state index is 12.2. The van der Waals surface area contributed by atoms with Gasteiger partial charge in [0.05, 0.1) is 17.1 Å². The highest BCUT2D eigenvalue weighted by Gasteiger charge is 2.12. The van der Waals surface area contributed by atoms with E-state index in [1.54, 1.807) is 42.2 Å². The first-order valence-corrected chi connectivity index (χ1v) is 9.38. The third kappa shape index (κ3) is 5.57. The molecule has 136 valence electrons. The van der Waals surface area contributed by atoms with E-state index in [9.17, 15) is 8.42 Å². The number of aromatic nitrogens is 2. The van der Waals surface area contributed by atoms with Gasteiger partial charge in [-0.25, -0.2) is 13.1 Å². The summed E-state index contributed by atoms with van der Waals surface area (Å²) in [6.07, 6.45) is 1.73. The Hall–Kier alpha value is -2.39. The van der Waals surface area contributed by atoms with Gasteiger partial charge in [0.1, 0.15) is 0 Å². The fourth-order valence-corrected chi connectivity index (χ4v) is 3.17. The topological polar surface area (TPSA) is 100 Å². The van der Waals surface area contributed by atoms with Crippen LogP contribution in [0.1, 0.15) is 11.3 Å². The van der Waals surface area contributed by atoms with E-state index in [4.69, 9.17) is 0 Å². The standard InChI is InChI=1S/C16H24N6O2S/c1-13-4-6-15(7-5-13)25(23,24)21-11-10-18-16(17-2)19-12-14-8-9-20-22(14)3/h4-9,21H,10-12H2,1-3H3,(H2,17,18,19). The summed E-state index contributed by atoms with van der Waals surface area (Å²) < 4.78 is 28.7. The molecular weight excluding hydrogens is 340 g/mol. The number of benzene rings is 1. The van der Waals surface area contributed by atoms with Crippen molar-refractivity contribution in [1.82, 2.24) is 25.1 Å². The van der Waals surface area contributed by atoms with Gasteiger partial charge in [0.2, 0.25) is 10.0 Å². The highest BCUT2D eigenvalue weighted by atomic mass is 32.2. The van der Waals surface area contributed by atoms with E-state index in [1.165, 1.54) is 0 Å². The lowest BCUT2D eigenvalue weighted by atomic mass is 10.2. The normalized spacial score (nSPS) is 12.2. The number of hydrogen-bond donors (Lipinski definition) is 3. The van der Waals surface area contributed by atoms with Crippen LogP contribution < -0.4 is 15.4 Å². The molecule has 0 saturated carbocycles. The van der Waals surface area contributed by atoms with Gasteiger partial charge in [0.25, 0.3) is 0 Å². The Bertz CT molecular complexity index is 811. The molecule has 0 atom stereocenters. The first-order chi connectivity index (χ1) is 11.9. The number of guanidine groups is 1. The maximum atomic E-state index is 12.2. The predicted octanol–water partition coefficient (Wildman–Crippen LogP) is 0.372. The van der Waals surface area contributed by atoms with E-state index >= 15 is 0 Å². The molecule has 25 heavy (non-hydrogen) atoms. The van der Waals surface area contributed by atoms with Crippen LogP contribution in [0.15, 0.2) is 46.4 Å². The second kappa shape index (κ2) is 8.63. The molecule has 9 heteroatoms. The summed E-state index contributed by atoms with van der Waals surface area (Å²) in [5, 5.41) is 10.3. The Morgan fingerprint density at radius 3 is 2.48 bits per heavy atom. The molecule has 1 aromatic carbocycles. The zero-order valence-corrected chi connectivity index (χ0v) is 15.5. The molecule has 0 unspecified atom stereocenters. The van der Waals surface area contributed by atoms with Crippen molar-refractivity contribution < 1.29 is 8.42 Å². The van der Waals surface area contributed by atoms with Crippen LogP contribution in [0.2, 0.25) is 0 Å². The molecule has 0 radical (unpaired) electrons. The summed E-state index contributed by atoms with van der Waals surface area (Å²) in [7, 11) is 0.0329. The van der Waals surface area contributed by atoms with E-state index < -0.39 is 10.0 Å². The molecule has 0 saturated heterocycles. The van der Waals surface area contributed by atoms with Gasteiger partial charge in [0, 0.05) is 33.4 Å². The van der Waals surface area contributed by atoms with Gasteiger partial charge >= 0.3 is 0 Å². The minimum atomic E-state index is -3.50. The second-order valence-corrected chi connectivity index (χ2v) is 7.28. The predicted molar refractivity (Wildman–Crippen MR) is 97.8 cm³/mol. The molecule has 2 rings (SSSR count). The van der Waals surface area contributed by atoms with Crippen molar-refractivity contribution in [3.8, 4) is 0 Å². The number of sulfonamides is 1. The Morgan fingerprint density at radius 2 is 1.88 bits per heavy atom. The smallest absolute Gasteiger partial charge is 0.240 e. The lowest BCUT2D eigenvalue weighted by molar-refractivity contribution is 0.580. The Morgan fingerprint density at radius 1 is 1.16 bits per heavy atom.